The normalized spacial score (nSPS) is 27.8. The number of ketones is 1. The zero-order valence-electron chi connectivity index (χ0n) is 11.6. The van der Waals surface area contributed by atoms with E-state index in [2.05, 4.69) is 4.90 Å². The fourth-order valence-corrected chi connectivity index (χ4v) is 3.82. The Morgan fingerprint density at radius 2 is 1.79 bits per heavy atom. The Bertz CT molecular complexity index is 426. The number of carbonyl (C=O) groups excluding carboxylic acids is 1. The summed E-state index contributed by atoms with van der Waals surface area (Å²) in [6, 6.07) is 10.4. The molecule has 1 aromatic rings. The fourth-order valence-electron chi connectivity index (χ4n) is 3.82. The highest BCUT2D eigenvalue weighted by molar-refractivity contribution is 5.97. The van der Waals surface area contributed by atoms with E-state index in [1.807, 2.05) is 30.3 Å². The average Bonchev–Trinajstić information content (AvgIpc) is 2.48. The Balaban J connectivity index is 1.66. The highest BCUT2D eigenvalue weighted by atomic mass is 16.1. The van der Waals surface area contributed by atoms with Gasteiger partial charge in [0.15, 0.2) is 5.78 Å². The van der Waals surface area contributed by atoms with Crippen molar-refractivity contribution in [1.82, 2.24) is 4.90 Å². The lowest BCUT2D eigenvalue weighted by Crippen LogP contribution is -2.48. The van der Waals surface area contributed by atoms with Crippen molar-refractivity contribution in [3.8, 4) is 0 Å². The van der Waals surface area contributed by atoms with Crippen molar-refractivity contribution in [1.29, 1.82) is 0 Å². The minimum atomic E-state index is 0.284. The minimum absolute atomic E-state index is 0.284. The van der Waals surface area contributed by atoms with Gasteiger partial charge in [-0.2, -0.15) is 0 Å². The third kappa shape index (κ3) is 2.89. The Labute approximate surface area is 115 Å². The summed E-state index contributed by atoms with van der Waals surface area (Å²) in [5.41, 5.74) is 0.862. The Kier molecular flexibility index (Phi) is 3.97. The molecule has 3 rings (SSSR count). The molecule has 102 valence electrons. The molecule has 1 heterocycles. The van der Waals surface area contributed by atoms with Gasteiger partial charge in [-0.25, -0.2) is 0 Å². The van der Waals surface area contributed by atoms with E-state index in [4.69, 9.17) is 0 Å². The van der Waals surface area contributed by atoms with Crippen molar-refractivity contribution in [2.45, 2.75) is 44.6 Å². The van der Waals surface area contributed by atoms with Gasteiger partial charge in [0.25, 0.3) is 0 Å². The lowest BCUT2D eigenvalue weighted by Gasteiger charge is -2.43. The topological polar surface area (TPSA) is 20.3 Å². The molecule has 1 aromatic carbocycles. The second-order valence-corrected chi connectivity index (χ2v) is 6.01. The molecule has 19 heavy (non-hydrogen) atoms. The predicted molar refractivity (Wildman–Crippen MR) is 77.3 cm³/mol. The molecule has 0 unspecified atom stereocenters. The van der Waals surface area contributed by atoms with Crippen molar-refractivity contribution in [2.24, 2.45) is 5.92 Å². The summed E-state index contributed by atoms with van der Waals surface area (Å²) in [6.07, 6.45) is 8.05. The number of rotatable bonds is 3. The van der Waals surface area contributed by atoms with E-state index in [0.29, 0.717) is 12.6 Å². The molecule has 2 heteroatoms. The number of piperidine rings is 1. The second-order valence-electron chi connectivity index (χ2n) is 6.01. The summed E-state index contributed by atoms with van der Waals surface area (Å²) in [7, 11) is 0. The fraction of sp³-hybridized carbons (Fsp3) is 0.588. The van der Waals surface area contributed by atoms with Crippen LogP contribution in [0.2, 0.25) is 0 Å². The zero-order chi connectivity index (χ0) is 13.1. The molecule has 1 aliphatic carbocycles. The van der Waals surface area contributed by atoms with E-state index in [9.17, 15) is 4.79 Å². The van der Waals surface area contributed by atoms with Gasteiger partial charge in [0, 0.05) is 11.6 Å². The second kappa shape index (κ2) is 5.87. The van der Waals surface area contributed by atoms with Crippen LogP contribution in [0.5, 0.6) is 0 Å². The highest BCUT2D eigenvalue weighted by Gasteiger charge is 2.33. The summed E-state index contributed by atoms with van der Waals surface area (Å²) in [5, 5.41) is 0. The lowest BCUT2D eigenvalue weighted by molar-refractivity contribution is 0.0539. The van der Waals surface area contributed by atoms with Gasteiger partial charge in [-0.05, 0) is 38.1 Å². The molecule has 2 atom stereocenters. The number of carbonyl (C=O) groups is 1. The largest absolute Gasteiger partial charge is 0.293 e. The van der Waals surface area contributed by atoms with E-state index < -0.39 is 0 Å². The van der Waals surface area contributed by atoms with Gasteiger partial charge in [-0.1, -0.05) is 43.2 Å². The van der Waals surface area contributed by atoms with Crippen molar-refractivity contribution < 1.29 is 4.79 Å². The van der Waals surface area contributed by atoms with E-state index in [1.165, 1.54) is 38.5 Å². The average molecular weight is 257 g/mol. The number of Topliss-reactive ketones (excluding diaryl/α,β-unsaturated/α-hetero) is 1. The van der Waals surface area contributed by atoms with Crippen LogP contribution in [0.1, 0.15) is 48.9 Å². The SMILES string of the molecule is O=C(CN1CCC[C@H]2CCCC[C@H]21)c1ccccc1. The van der Waals surface area contributed by atoms with Crippen LogP contribution in [-0.4, -0.2) is 29.8 Å². The standard InChI is InChI=1S/C17H23NO/c19-17(15-8-2-1-3-9-15)13-18-12-6-10-14-7-4-5-11-16(14)18/h1-3,8-9,14,16H,4-7,10-13H2/t14-,16-/m1/s1. The molecule has 0 amide bonds. The van der Waals surface area contributed by atoms with E-state index in [0.717, 1.165) is 18.0 Å². The van der Waals surface area contributed by atoms with Crippen LogP contribution in [0.25, 0.3) is 0 Å². The predicted octanol–water partition coefficient (Wildman–Crippen LogP) is 3.52. The van der Waals surface area contributed by atoms with Crippen LogP contribution in [0, 0.1) is 5.92 Å². The Morgan fingerprint density at radius 3 is 2.63 bits per heavy atom. The molecular formula is C17H23NO. The Morgan fingerprint density at radius 1 is 1.05 bits per heavy atom. The van der Waals surface area contributed by atoms with Gasteiger partial charge in [-0.15, -0.1) is 0 Å². The first kappa shape index (κ1) is 12.9. The molecule has 2 fully saturated rings. The first-order chi connectivity index (χ1) is 9.34. The summed E-state index contributed by atoms with van der Waals surface area (Å²) in [5.74, 6) is 1.14. The maximum Gasteiger partial charge on any atom is 0.176 e. The first-order valence-corrected chi connectivity index (χ1v) is 7.67. The summed E-state index contributed by atoms with van der Waals surface area (Å²) >= 11 is 0. The van der Waals surface area contributed by atoms with Gasteiger partial charge in [0.2, 0.25) is 0 Å². The van der Waals surface area contributed by atoms with Crippen molar-refractivity contribution in [3.05, 3.63) is 35.9 Å². The number of hydrogen-bond acceptors (Lipinski definition) is 2. The molecule has 2 aliphatic rings. The van der Waals surface area contributed by atoms with Crippen LogP contribution in [0.15, 0.2) is 30.3 Å². The molecule has 0 aromatic heterocycles. The molecule has 2 nitrogen and oxygen atoms in total. The smallest absolute Gasteiger partial charge is 0.176 e. The number of fused-ring (bicyclic) bond motifs is 1. The highest BCUT2D eigenvalue weighted by Crippen LogP contribution is 2.35. The van der Waals surface area contributed by atoms with Crippen LogP contribution < -0.4 is 0 Å². The molecule has 0 radical (unpaired) electrons. The van der Waals surface area contributed by atoms with Crippen LogP contribution in [0.4, 0.5) is 0 Å². The monoisotopic (exact) mass is 257 g/mol. The summed E-state index contributed by atoms with van der Waals surface area (Å²) < 4.78 is 0. The van der Waals surface area contributed by atoms with Crippen LogP contribution in [-0.2, 0) is 0 Å². The lowest BCUT2D eigenvalue weighted by atomic mass is 9.78. The maximum atomic E-state index is 12.3. The Hall–Kier alpha value is -1.15. The molecule has 0 N–H and O–H groups in total. The first-order valence-electron chi connectivity index (χ1n) is 7.67. The number of hydrogen-bond donors (Lipinski definition) is 0. The van der Waals surface area contributed by atoms with Crippen molar-refractivity contribution in [3.63, 3.8) is 0 Å². The van der Waals surface area contributed by atoms with Crippen LogP contribution in [0.3, 0.4) is 0 Å². The van der Waals surface area contributed by atoms with Gasteiger partial charge >= 0.3 is 0 Å². The van der Waals surface area contributed by atoms with Gasteiger partial charge < -0.3 is 0 Å². The summed E-state index contributed by atoms with van der Waals surface area (Å²) in [4.78, 5) is 14.8. The van der Waals surface area contributed by atoms with E-state index >= 15 is 0 Å². The van der Waals surface area contributed by atoms with Crippen molar-refractivity contribution in [2.75, 3.05) is 13.1 Å². The zero-order valence-corrected chi connectivity index (χ0v) is 11.6. The van der Waals surface area contributed by atoms with E-state index in [1.54, 1.807) is 0 Å². The van der Waals surface area contributed by atoms with Gasteiger partial charge in [0.05, 0.1) is 6.54 Å². The third-order valence-corrected chi connectivity index (χ3v) is 4.80. The number of benzene rings is 1. The summed E-state index contributed by atoms with van der Waals surface area (Å²) in [6.45, 7) is 1.73. The van der Waals surface area contributed by atoms with Crippen molar-refractivity contribution >= 4 is 5.78 Å². The number of likely N-dealkylation sites (tertiary alicyclic amines) is 1. The molecule has 0 bridgehead atoms. The molecule has 0 spiro atoms. The minimum Gasteiger partial charge on any atom is -0.293 e. The molecule has 1 saturated carbocycles. The molecule has 1 saturated heterocycles. The molecular weight excluding hydrogens is 234 g/mol. The molecule has 1 aliphatic heterocycles. The maximum absolute atomic E-state index is 12.3. The van der Waals surface area contributed by atoms with Gasteiger partial charge in [-0.3, -0.25) is 9.69 Å². The van der Waals surface area contributed by atoms with Crippen LogP contribution >= 0.6 is 0 Å². The number of nitrogens with zero attached hydrogens (tertiary/aromatic N) is 1. The van der Waals surface area contributed by atoms with E-state index in [-0.39, 0.29) is 5.78 Å². The third-order valence-electron chi connectivity index (χ3n) is 4.80. The quantitative estimate of drug-likeness (QED) is 0.772. The van der Waals surface area contributed by atoms with Gasteiger partial charge in [0.1, 0.15) is 0 Å².